The Morgan fingerprint density at radius 2 is 1.06 bits per heavy atom. The number of rotatable bonds is 0. The van der Waals surface area contributed by atoms with Gasteiger partial charge in [-0.15, -0.1) is 0 Å². The van der Waals surface area contributed by atoms with Crippen molar-refractivity contribution in [3.8, 4) is 0 Å². The first kappa shape index (κ1) is 11.9. The van der Waals surface area contributed by atoms with E-state index in [2.05, 4.69) is 36.3 Å². The van der Waals surface area contributed by atoms with E-state index in [1.54, 1.807) is 12.4 Å². The third-order valence-corrected chi connectivity index (χ3v) is 1.97. The Kier molecular flexibility index (Phi) is 4.16. The van der Waals surface area contributed by atoms with Gasteiger partial charge >= 0.3 is 0 Å². The minimum Gasteiger partial charge on any atom is -0.257 e. The predicted molar refractivity (Wildman–Crippen MR) is 69.1 cm³/mol. The quantitative estimate of drug-likeness (QED) is 0.602. The van der Waals surface area contributed by atoms with Crippen molar-refractivity contribution in [3.63, 3.8) is 0 Å². The molecule has 0 fully saturated rings. The molecule has 0 aliphatic carbocycles. The molecule has 0 bridgehead atoms. The number of nitrogens with zero attached hydrogens (tertiary/aromatic N) is 2. The summed E-state index contributed by atoms with van der Waals surface area (Å²) in [4.78, 5) is 7.81. The fraction of sp³-hybridized carbons (Fsp3) is 0. The van der Waals surface area contributed by atoms with Crippen molar-refractivity contribution in [2.75, 3.05) is 0 Å². The minimum atomic E-state index is 0.757. The molecule has 0 aromatic carbocycles. The molecule has 2 aromatic heterocycles. The molecule has 2 heterocycles. The fourth-order valence-corrected chi connectivity index (χ4v) is 0.943. The van der Waals surface area contributed by atoms with E-state index in [1.807, 2.05) is 24.3 Å². The molecule has 0 aliphatic heterocycles. The molecule has 0 aliphatic rings. The lowest BCUT2D eigenvalue weighted by molar-refractivity contribution is 1.23. The highest BCUT2D eigenvalue weighted by Crippen LogP contribution is 1.60. The summed E-state index contributed by atoms with van der Waals surface area (Å²) in [5.41, 5.74) is 0. The summed E-state index contributed by atoms with van der Waals surface area (Å²) in [6.07, 6.45) is 3.41. The molecule has 2 heteroatoms. The van der Waals surface area contributed by atoms with Crippen LogP contribution in [0.3, 0.4) is 0 Å². The van der Waals surface area contributed by atoms with Crippen molar-refractivity contribution in [2.24, 2.45) is 0 Å². The van der Waals surface area contributed by atoms with Crippen molar-refractivity contribution in [1.82, 2.24) is 9.97 Å². The van der Waals surface area contributed by atoms with Gasteiger partial charge in [0.15, 0.2) is 0 Å². The summed E-state index contributed by atoms with van der Waals surface area (Å²) >= 11 is 0. The van der Waals surface area contributed by atoms with Crippen molar-refractivity contribution < 1.29 is 0 Å². The highest BCUT2D eigenvalue weighted by atomic mass is 14.6. The maximum atomic E-state index is 3.91. The first-order chi connectivity index (χ1) is 7.61. The monoisotopic (exact) mass is 210 g/mol. The average Bonchev–Trinajstić information content (AvgIpc) is 2.28. The molecule has 0 saturated carbocycles. The van der Waals surface area contributed by atoms with Gasteiger partial charge in [-0.1, -0.05) is 38.4 Å². The Bertz CT molecular complexity index is 529. The summed E-state index contributed by atoms with van der Waals surface area (Å²) in [5.74, 6) is 0. The zero-order valence-electron chi connectivity index (χ0n) is 9.19. The van der Waals surface area contributed by atoms with Gasteiger partial charge in [-0.2, -0.15) is 0 Å². The van der Waals surface area contributed by atoms with E-state index < -0.39 is 0 Å². The van der Waals surface area contributed by atoms with Crippen molar-refractivity contribution in [1.29, 1.82) is 0 Å². The van der Waals surface area contributed by atoms with E-state index in [4.69, 9.17) is 0 Å². The van der Waals surface area contributed by atoms with Crippen molar-refractivity contribution in [3.05, 3.63) is 57.8 Å². The highest BCUT2D eigenvalue weighted by molar-refractivity contribution is 5.09. The molecule has 80 valence electrons. The summed E-state index contributed by atoms with van der Waals surface area (Å²) in [6.45, 7) is 14.7. The number of pyridine rings is 2. The second kappa shape index (κ2) is 5.61. The van der Waals surface area contributed by atoms with Crippen LogP contribution in [-0.4, -0.2) is 9.97 Å². The van der Waals surface area contributed by atoms with E-state index in [0.29, 0.717) is 0 Å². The fourth-order valence-electron chi connectivity index (χ4n) is 0.943. The van der Waals surface area contributed by atoms with E-state index in [-0.39, 0.29) is 0 Å². The van der Waals surface area contributed by atoms with Gasteiger partial charge in [-0.05, 0) is 22.6 Å². The minimum absolute atomic E-state index is 0.757. The number of hydrogen-bond acceptors (Lipinski definition) is 2. The highest BCUT2D eigenvalue weighted by Gasteiger charge is 1.73. The van der Waals surface area contributed by atoms with E-state index >= 15 is 0 Å². The molecule has 0 amide bonds. The number of aromatic nitrogens is 2. The van der Waals surface area contributed by atoms with Crippen LogP contribution in [0.25, 0.3) is 26.3 Å². The largest absolute Gasteiger partial charge is 0.257 e. The molecule has 0 radical (unpaired) electrons. The summed E-state index contributed by atoms with van der Waals surface area (Å²) in [6, 6.07) is 7.46. The molecular weight excluding hydrogens is 196 g/mol. The predicted octanol–water partition coefficient (Wildman–Crippen LogP) is -0.196. The van der Waals surface area contributed by atoms with Gasteiger partial charge in [0.1, 0.15) is 0 Å². The van der Waals surface area contributed by atoms with Crippen molar-refractivity contribution in [2.45, 2.75) is 0 Å². The molecule has 0 N–H and O–H groups in total. The van der Waals surface area contributed by atoms with Crippen LogP contribution in [0.5, 0.6) is 0 Å². The van der Waals surface area contributed by atoms with E-state index in [1.165, 1.54) is 0 Å². The Morgan fingerprint density at radius 3 is 1.25 bits per heavy atom. The SMILES string of the molecule is C=c1cccnc1=C.C=c1cccnc1=C. The maximum Gasteiger partial charge on any atom is 0.0624 e. The lowest BCUT2D eigenvalue weighted by Crippen LogP contribution is -2.23. The standard InChI is InChI=1S/2C7H7N/c2*1-6-4-3-5-8-7(6)2/h2*3-5H,1-2H2. The van der Waals surface area contributed by atoms with Gasteiger partial charge in [0, 0.05) is 12.4 Å². The van der Waals surface area contributed by atoms with Gasteiger partial charge in [0.2, 0.25) is 0 Å². The van der Waals surface area contributed by atoms with Gasteiger partial charge in [0.05, 0.1) is 10.7 Å². The Hall–Kier alpha value is -2.22. The van der Waals surface area contributed by atoms with Crippen LogP contribution in [-0.2, 0) is 0 Å². The molecule has 16 heavy (non-hydrogen) atoms. The molecule has 2 rings (SSSR count). The van der Waals surface area contributed by atoms with Crippen LogP contribution in [0.4, 0.5) is 0 Å². The zero-order chi connectivity index (χ0) is 12.0. The second-order valence-electron chi connectivity index (χ2n) is 3.22. The molecule has 0 atom stereocenters. The summed E-state index contributed by atoms with van der Waals surface area (Å²) in [7, 11) is 0. The second-order valence-corrected chi connectivity index (χ2v) is 3.22. The average molecular weight is 210 g/mol. The van der Waals surface area contributed by atoms with E-state index in [9.17, 15) is 0 Å². The van der Waals surface area contributed by atoms with Crippen LogP contribution >= 0.6 is 0 Å². The Balaban J connectivity index is 0.000000160. The smallest absolute Gasteiger partial charge is 0.0624 e. The molecule has 0 saturated heterocycles. The number of hydrogen-bond donors (Lipinski definition) is 0. The zero-order valence-corrected chi connectivity index (χ0v) is 9.19. The third-order valence-electron chi connectivity index (χ3n) is 1.97. The summed E-state index contributed by atoms with van der Waals surface area (Å²) < 4.78 is 0. The normalized spacial score (nSPS) is 9.00. The Labute approximate surface area is 94.6 Å². The molecule has 0 spiro atoms. The third kappa shape index (κ3) is 3.50. The lowest BCUT2D eigenvalue weighted by Gasteiger charge is -1.79. The van der Waals surface area contributed by atoms with Crippen LogP contribution in [0.2, 0.25) is 0 Å². The molecular formula is C14H14N2. The van der Waals surface area contributed by atoms with Gasteiger partial charge < -0.3 is 0 Å². The van der Waals surface area contributed by atoms with Crippen molar-refractivity contribution >= 4 is 26.3 Å². The summed E-state index contributed by atoms with van der Waals surface area (Å²) in [5, 5.41) is 3.31. The topological polar surface area (TPSA) is 25.8 Å². The first-order valence-corrected chi connectivity index (χ1v) is 4.79. The maximum absolute atomic E-state index is 3.91. The molecule has 2 nitrogen and oxygen atoms in total. The first-order valence-electron chi connectivity index (χ1n) is 4.79. The molecule has 0 unspecified atom stereocenters. The lowest BCUT2D eigenvalue weighted by atomic mass is 10.4. The van der Waals surface area contributed by atoms with Crippen LogP contribution < -0.4 is 21.1 Å². The van der Waals surface area contributed by atoms with Gasteiger partial charge in [-0.25, -0.2) is 0 Å². The Morgan fingerprint density at radius 1 is 0.688 bits per heavy atom. The molecule has 2 aromatic rings. The van der Waals surface area contributed by atoms with Crippen LogP contribution in [0.15, 0.2) is 36.7 Å². The van der Waals surface area contributed by atoms with Gasteiger partial charge in [0.25, 0.3) is 0 Å². The van der Waals surface area contributed by atoms with E-state index in [0.717, 1.165) is 21.1 Å². The van der Waals surface area contributed by atoms with Crippen LogP contribution in [0, 0.1) is 0 Å². The van der Waals surface area contributed by atoms with Crippen LogP contribution in [0.1, 0.15) is 0 Å². The van der Waals surface area contributed by atoms with Gasteiger partial charge in [-0.3, -0.25) is 9.97 Å².